The van der Waals surface area contributed by atoms with Gasteiger partial charge < -0.3 is 20.1 Å². The zero-order valence-corrected chi connectivity index (χ0v) is 50.6. The Balaban J connectivity index is 1.21. The number of aryl methyl sites for hydroxylation is 6. The van der Waals surface area contributed by atoms with Crippen LogP contribution in [-0.4, -0.2) is 109 Å². The van der Waals surface area contributed by atoms with Crippen molar-refractivity contribution >= 4 is 124 Å². The number of azo groups is 4. The molecule has 86 heavy (non-hydrogen) atoms. The maximum Gasteiger partial charge on any atom is 0.323 e. The zero-order chi connectivity index (χ0) is 63.9. The number of nitrogens with zero attached hydrogens (tertiary/aromatic N) is 8. The SMILES string of the molecule is Cc1cc(NC(=O)Nc2cc(C)c(N=Nc3cc(C)c(N=Nc4ccc(S(=O)(=O)O)cc4S(=O)(=O)O)cc3OCCCS(=O)(=O)O)cc2C)c(C)cc1N=Nc1cc(C)c(N=Nc2ccc(S(=O)(=O)O)cc2S(=O)(=O)O)cc1OCCCS(=O)(=O)O. The highest BCUT2D eigenvalue weighted by Gasteiger charge is 2.24. The first-order valence-corrected chi connectivity index (χ1v) is 33.3. The number of rotatable bonds is 24. The number of hydrogen-bond donors (Lipinski definition) is 8. The Hall–Kier alpha value is -7.95. The lowest BCUT2D eigenvalue weighted by molar-refractivity contribution is 0.262. The minimum atomic E-state index is -5.09. The summed E-state index contributed by atoms with van der Waals surface area (Å²) in [5.74, 6) is -1.35. The monoisotopic (exact) mass is 1310 g/mol. The van der Waals surface area contributed by atoms with E-state index in [9.17, 15) is 82.6 Å². The molecule has 0 aromatic heterocycles. The van der Waals surface area contributed by atoms with Crippen LogP contribution in [0.1, 0.15) is 46.2 Å². The van der Waals surface area contributed by atoms with Gasteiger partial charge in [0.2, 0.25) is 0 Å². The van der Waals surface area contributed by atoms with Gasteiger partial charge in [-0.05, 0) is 161 Å². The second-order valence-corrected chi connectivity index (χ2v) is 27.4. The fraction of sp³-hybridized carbons (Fsp3) is 0.245. The second-order valence-electron chi connectivity index (χ2n) is 18.6. The molecule has 0 aliphatic heterocycles. The first-order chi connectivity index (χ1) is 39.8. The van der Waals surface area contributed by atoms with Gasteiger partial charge in [0.15, 0.2) is 0 Å². The topological polar surface area (TPSA) is 485 Å². The van der Waals surface area contributed by atoms with E-state index in [1.165, 1.54) is 24.3 Å². The number of benzene rings is 6. The zero-order valence-electron chi connectivity index (χ0n) is 45.7. The van der Waals surface area contributed by atoms with Crippen molar-refractivity contribution in [1.29, 1.82) is 0 Å². The van der Waals surface area contributed by atoms with E-state index in [0.717, 1.165) is 24.3 Å². The van der Waals surface area contributed by atoms with Crippen LogP contribution in [0.25, 0.3) is 0 Å². The summed E-state index contributed by atoms with van der Waals surface area (Å²) in [6, 6.07) is 15.8. The largest absolute Gasteiger partial charge is 0.491 e. The minimum Gasteiger partial charge on any atom is -0.491 e. The second kappa shape index (κ2) is 26.8. The molecule has 6 aromatic rings. The van der Waals surface area contributed by atoms with E-state index in [4.69, 9.17) is 9.47 Å². The van der Waals surface area contributed by atoms with Crippen LogP contribution < -0.4 is 20.1 Å². The molecule has 2 amide bonds. The lowest BCUT2D eigenvalue weighted by Crippen LogP contribution is -2.20. The van der Waals surface area contributed by atoms with E-state index in [1.807, 2.05) is 0 Å². The summed E-state index contributed by atoms with van der Waals surface area (Å²) in [7, 11) is -28.6. The number of amides is 2. The Labute approximate surface area is 493 Å². The van der Waals surface area contributed by atoms with E-state index in [-0.39, 0.29) is 60.3 Å². The molecule has 0 aliphatic carbocycles. The number of hydrogen-bond acceptors (Lipinski definition) is 23. The summed E-state index contributed by atoms with van der Waals surface area (Å²) in [5, 5.41) is 38.8. The van der Waals surface area contributed by atoms with Crippen LogP contribution in [0.2, 0.25) is 0 Å². The smallest absolute Gasteiger partial charge is 0.323 e. The third kappa shape index (κ3) is 19.0. The Morgan fingerprint density at radius 2 is 0.663 bits per heavy atom. The number of anilines is 2. The van der Waals surface area contributed by atoms with Crippen molar-refractivity contribution in [3.8, 4) is 11.5 Å². The third-order valence-corrected chi connectivity index (χ3v) is 16.9. The molecule has 0 saturated heterocycles. The molecule has 6 rings (SSSR count). The number of carbonyl (C=O) groups is 1. The molecule has 0 spiro atoms. The predicted molar refractivity (Wildman–Crippen MR) is 309 cm³/mol. The summed E-state index contributed by atoms with van der Waals surface area (Å²) in [4.78, 5) is 9.83. The summed E-state index contributed by atoms with van der Waals surface area (Å²) < 4.78 is 209. The average Bonchev–Trinajstić information content (AvgIpc) is 1.41. The van der Waals surface area contributed by atoms with Crippen molar-refractivity contribution in [2.45, 2.75) is 74.0 Å². The van der Waals surface area contributed by atoms with E-state index in [0.29, 0.717) is 68.3 Å². The van der Waals surface area contributed by atoms with Crippen molar-refractivity contribution in [2.75, 3.05) is 35.4 Å². The van der Waals surface area contributed by atoms with Crippen LogP contribution in [0.5, 0.6) is 11.5 Å². The van der Waals surface area contributed by atoms with Crippen molar-refractivity contribution in [2.24, 2.45) is 40.9 Å². The van der Waals surface area contributed by atoms with E-state index in [1.54, 1.807) is 65.8 Å². The summed E-state index contributed by atoms with van der Waals surface area (Å²) in [6.07, 6.45) is -0.335. The number of ether oxygens (including phenoxy) is 2. The molecule has 0 unspecified atom stereocenters. The summed E-state index contributed by atoms with van der Waals surface area (Å²) >= 11 is 0. The van der Waals surface area contributed by atoms with Gasteiger partial charge in [0.25, 0.3) is 60.7 Å². The molecular weight excluding hydrogens is 1260 g/mol. The quantitative estimate of drug-likeness (QED) is 0.0158. The molecule has 0 saturated carbocycles. The Kier molecular flexibility index (Phi) is 20.9. The number of nitrogens with one attached hydrogen (secondary N) is 2. The van der Waals surface area contributed by atoms with Crippen molar-refractivity contribution in [3.63, 3.8) is 0 Å². The third-order valence-electron chi connectivity index (χ3n) is 11.8. The molecule has 6 aromatic carbocycles. The maximum absolute atomic E-state index is 13.5. The van der Waals surface area contributed by atoms with Gasteiger partial charge in [0.1, 0.15) is 44.0 Å². The Morgan fingerprint density at radius 3 is 0.977 bits per heavy atom. The highest BCUT2D eigenvalue weighted by atomic mass is 32.2. The van der Waals surface area contributed by atoms with Crippen LogP contribution in [0.4, 0.5) is 61.7 Å². The van der Waals surface area contributed by atoms with Crippen molar-refractivity contribution in [3.05, 3.63) is 118 Å². The molecule has 0 heterocycles. The molecule has 460 valence electrons. The minimum absolute atomic E-state index is 0.0283. The molecule has 0 aliphatic rings. The number of urea groups is 1. The van der Waals surface area contributed by atoms with Crippen molar-refractivity contribution < 1.29 is 92.1 Å². The van der Waals surface area contributed by atoms with E-state index in [2.05, 4.69) is 51.5 Å². The fourth-order valence-electron chi connectivity index (χ4n) is 7.46. The first kappa shape index (κ1) is 67.2. The van der Waals surface area contributed by atoms with Gasteiger partial charge in [-0.15, -0.1) is 20.5 Å². The van der Waals surface area contributed by atoms with Gasteiger partial charge in [0, 0.05) is 23.5 Å². The summed E-state index contributed by atoms with van der Waals surface area (Å²) in [6.45, 7) is 9.35. The Bertz CT molecular complexity index is 4240. The molecule has 8 N–H and O–H groups in total. The lowest BCUT2D eigenvalue weighted by Gasteiger charge is -2.14. The van der Waals surface area contributed by atoms with Gasteiger partial charge in [0.05, 0.1) is 57.3 Å². The van der Waals surface area contributed by atoms with Gasteiger partial charge in [-0.2, -0.15) is 71.0 Å². The maximum atomic E-state index is 13.5. The number of carbonyl (C=O) groups excluding carboxylic acids is 1. The first-order valence-electron chi connectivity index (χ1n) is 24.4. The molecule has 0 fully saturated rings. The highest BCUT2D eigenvalue weighted by Crippen LogP contribution is 2.41. The van der Waals surface area contributed by atoms with Gasteiger partial charge in [-0.1, -0.05) is 0 Å². The molecular formula is C49H52N10O21S6. The molecule has 0 radical (unpaired) electrons. The lowest BCUT2D eigenvalue weighted by atomic mass is 10.1. The van der Waals surface area contributed by atoms with Crippen LogP contribution in [0, 0.1) is 41.5 Å². The van der Waals surface area contributed by atoms with E-state index < -0.39 is 109 Å². The van der Waals surface area contributed by atoms with Crippen LogP contribution in [0.3, 0.4) is 0 Å². The highest BCUT2D eigenvalue weighted by molar-refractivity contribution is 7.87. The molecule has 37 heteroatoms. The molecule has 0 bridgehead atoms. The molecule has 31 nitrogen and oxygen atoms in total. The average molecular weight is 1310 g/mol. The van der Waals surface area contributed by atoms with Crippen molar-refractivity contribution in [1.82, 2.24) is 0 Å². The fourth-order valence-corrected chi connectivity index (χ4v) is 10.9. The van der Waals surface area contributed by atoms with Crippen LogP contribution >= 0.6 is 0 Å². The van der Waals surface area contributed by atoms with E-state index >= 15 is 0 Å². The predicted octanol–water partition coefficient (Wildman–Crippen LogP) is 11.1. The van der Waals surface area contributed by atoms with Gasteiger partial charge >= 0.3 is 6.03 Å². The van der Waals surface area contributed by atoms with Gasteiger partial charge in [-0.3, -0.25) is 27.3 Å². The standard InChI is InChI=1S/C49H52N10O21S6/c1-27-19-39(54-58-43-21-31(5)41(25-45(43)79-13-7-15-81(61,62)63)56-52-35-11-9-33(83(67,68)69)23-47(35)85(73,74)75)29(3)17-37(27)50-49(60)51-38-18-30(4)40(20-28(38)2)55-59-44-22-32(6)42(26-46(44)80-14-8-16-82(64,65)66)57-53-36-12-10-34(84(70,71)72)24-48(36)86(76,77)78/h9-12,17-26H,7-8,13-16H2,1-6H3,(H2,50,51,60)(H,61,62,63)(H,64,65,66)(H,67,68,69)(H,70,71,72)(H,73,74,75)(H,76,77,78). The Morgan fingerprint density at radius 1 is 0.372 bits per heavy atom. The van der Waals surface area contributed by atoms with Crippen LogP contribution in [-0.2, 0) is 60.7 Å². The summed E-state index contributed by atoms with van der Waals surface area (Å²) in [5.41, 5.74) is 3.53. The normalized spacial score (nSPS) is 12.9. The molecule has 0 atom stereocenters. The van der Waals surface area contributed by atoms with Gasteiger partial charge in [-0.25, -0.2) is 4.79 Å². The van der Waals surface area contributed by atoms with Crippen LogP contribution in [0.15, 0.2) is 145 Å².